The molecule has 0 unspecified atom stereocenters. The van der Waals surface area contributed by atoms with Gasteiger partial charge in [0.05, 0.1) is 10.0 Å². The Morgan fingerprint density at radius 3 is 2.30 bits per heavy atom. The molecule has 1 heterocycles. The van der Waals surface area contributed by atoms with Crippen LogP contribution in [0.3, 0.4) is 0 Å². The summed E-state index contributed by atoms with van der Waals surface area (Å²) in [4.78, 5) is 21.7. The van der Waals surface area contributed by atoms with Crippen LogP contribution in [0.25, 0.3) is 0 Å². The lowest BCUT2D eigenvalue weighted by atomic mass is 10.0. The smallest absolute Gasteiger partial charge is 0.328 e. The van der Waals surface area contributed by atoms with Gasteiger partial charge in [-0.1, -0.05) is 42.3 Å². The van der Waals surface area contributed by atoms with Gasteiger partial charge in [0.15, 0.2) is 0 Å². The Hall–Kier alpha value is -1.60. The molecular formula is C19H26Cl2N2O4. The zero-order valence-corrected chi connectivity index (χ0v) is 16.8. The minimum atomic E-state index is -1.26. The molecule has 1 aromatic rings. The van der Waals surface area contributed by atoms with E-state index in [0.717, 1.165) is 31.7 Å². The van der Waals surface area contributed by atoms with Crippen molar-refractivity contribution < 1.29 is 19.8 Å². The van der Waals surface area contributed by atoms with Crippen LogP contribution in [0, 0.1) is 0 Å². The summed E-state index contributed by atoms with van der Waals surface area (Å²) in [7, 11) is 0. The summed E-state index contributed by atoms with van der Waals surface area (Å²) in [6.07, 6.45) is 4.73. The van der Waals surface area contributed by atoms with E-state index >= 15 is 0 Å². The van der Waals surface area contributed by atoms with Gasteiger partial charge in [0.1, 0.15) is 0 Å². The summed E-state index contributed by atoms with van der Waals surface area (Å²) in [6, 6.07) is 6.58. The molecule has 8 heteroatoms. The van der Waals surface area contributed by atoms with Gasteiger partial charge in [0.25, 0.3) is 0 Å². The number of carbonyl (C=O) groups is 2. The number of halogens is 2. The van der Waals surface area contributed by atoms with Crippen LogP contribution in [0.5, 0.6) is 0 Å². The molecule has 1 aromatic carbocycles. The second-order valence-electron chi connectivity index (χ2n) is 6.17. The van der Waals surface area contributed by atoms with E-state index in [4.69, 9.17) is 33.4 Å². The van der Waals surface area contributed by atoms with Gasteiger partial charge in [-0.15, -0.1) is 0 Å². The van der Waals surface area contributed by atoms with E-state index in [0.29, 0.717) is 28.2 Å². The molecule has 0 spiro atoms. The number of rotatable bonds is 7. The molecule has 0 bridgehead atoms. The molecule has 1 fully saturated rings. The second kappa shape index (κ2) is 12.7. The molecule has 1 aliphatic heterocycles. The van der Waals surface area contributed by atoms with Gasteiger partial charge >= 0.3 is 11.9 Å². The largest absolute Gasteiger partial charge is 0.478 e. The number of benzene rings is 1. The standard InChI is InChI=1S/C15H22Cl2N2.C4H4O4/c1-2-10-19(13-6-8-18-9-7-13)11-12-4-3-5-14(16)15(12)17;5-3(6)1-2-4(7)8/h3-5,13,18H,2,6-11H2,1H3;1-2H,(H,5,6)(H,7,8). The molecule has 0 aromatic heterocycles. The molecule has 27 heavy (non-hydrogen) atoms. The van der Waals surface area contributed by atoms with Crippen molar-refractivity contribution in [3.8, 4) is 0 Å². The van der Waals surface area contributed by atoms with Crippen LogP contribution in [0.2, 0.25) is 10.0 Å². The number of carboxylic acids is 2. The molecular weight excluding hydrogens is 391 g/mol. The van der Waals surface area contributed by atoms with E-state index in [1.807, 2.05) is 12.1 Å². The van der Waals surface area contributed by atoms with Gasteiger partial charge in [-0.3, -0.25) is 4.90 Å². The number of hydrogen-bond acceptors (Lipinski definition) is 4. The zero-order valence-electron chi connectivity index (χ0n) is 15.3. The van der Waals surface area contributed by atoms with E-state index in [1.54, 1.807) is 0 Å². The number of carboxylic acid groups (broad SMARTS) is 2. The minimum absolute atomic E-state index is 0.558. The fourth-order valence-electron chi connectivity index (χ4n) is 2.88. The molecule has 0 saturated carbocycles. The van der Waals surface area contributed by atoms with Crippen molar-refractivity contribution in [2.24, 2.45) is 0 Å². The van der Waals surface area contributed by atoms with Crippen molar-refractivity contribution in [3.63, 3.8) is 0 Å². The average molecular weight is 417 g/mol. The summed E-state index contributed by atoms with van der Waals surface area (Å²) in [5, 5.41) is 20.4. The van der Waals surface area contributed by atoms with Crippen molar-refractivity contribution >= 4 is 35.1 Å². The first kappa shape index (κ1) is 23.4. The maximum Gasteiger partial charge on any atom is 0.328 e. The first-order valence-electron chi connectivity index (χ1n) is 8.86. The van der Waals surface area contributed by atoms with E-state index in [1.165, 1.54) is 19.3 Å². The average Bonchev–Trinajstić information content (AvgIpc) is 2.64. The normalized spacial score (nSPS) is 14.8. The summed E-state index contributed by atoms with van der Waals surface area (Å²) >= 11 is 12.4. The third-order valence-corrected chi connectivity index (χ3v) is 4.97. The minimum Gasteiger partial charge on any atom is -0.478 e. The highest BCUT2D eigenvalue weighted by molar-refractivity contribution is 6.42. The fourth-order valence-corrected chi connectivity index (χ4v) is 3.26. The first-order valence-corrected chi connectivity index (χ1v) is 9.62. The van der Waals surface area contributed by atoms with Crippen LogP contribution in [-0.4, -0.2) is 52.7 Å². The Labute approximate surface area is 169 Å². The lowest BCUT2D eigenvalue weighted by Crippen LogP contribution is -2.43. The Balaban J connectivity index is 0.000000387. The lowest BCUT2D eigenvalue weighted by molar-refractivity contribution is -0.134. The molecule has 0 amide bonds. The third-order valence-electron chi connectivity index (χ3n) is 4.11. The van der Waals surface area contributed by atoms with Gasteiger partial charge < -0.3 is 15.5 Å². The van der Waals surface area contributed by atoms with Crippen molar-refractivity contribution in [1.82, 2.24) is 10.2 Å². The van der Waals surface area contributed by atoms with Crippen LogP contribution >= 0.6 is 23.2 Å². The Bertz CT molecular complexity index is 631. The number of nitrogens with zero attached hydrogens (tertiary/aromatic N) is 1. The van der Waals surface area contributed by atoms with Crippen molar-refractivity contribution in [1.29, 1.82) is 0 Å². The number of nitrogens with one attached hydrogen (secondary N) is 1. The van der Waals surface area contributed by atoms with Crippen molar-refractivity contribution in [2.45, 2.75) is 38.8 Å². The molecule has 1 aliphatic rings. The molecule has 0 radical (unpaired) electrons. The van der Waals surface area contributed by atoms with Gasteiger partial charge in [0.2, 0.25) is 0 Å². The summed E-state index contributed by atoms with van der Waals surface area (Å²) in [5.41, 5.74) is 1.14. The number of piperidine rings is 1. The third kappa shape index (κ3) is 9.24. The number of hydrogen-bond donors (Lipinski definition) is 3. The summed E-state index contributed by atoms with van der Waals surface area (Å²) < 4.78 is 0. The Morgan fingerprint density at radius 2 is 1.78 bits per heavy atom. The molecule has 0 atom stereocenters. The molecule has 1 saturated heterocycles. The monoisotopic (exact) mass is 416 g/mol. The summed E-state index contributed by atoms with van der Waals surface area (Å²) in [5.74, 6) is -2.51. The second-order valence-corrected chi connectivity index (χ2v) is 6.96. The van der Waals surface area contributed by atoms with Crippen LogP contribution in [-0.2, 0) is 16.1 Å². The highest BCUT2D eigenvalue weighted by Crippen LogP contribution is 2.27. The molecule has 3 N–H and O–H groups in total. The SMILES string of the molecule is CCCN(Cc1cccc(Cl)c1Cl)C1CCNCC1.O=C(O)C=CC(=O)O. The molecule has 6 nitrogen and oxygen atoms in total. The predicted molar refractivity (Wildman–Crippen MR) is 107 cm³/mol. The van der Waals surface area contributed by atoms with E-state index in [9.17, 15) is 9.59 Å². The van der Waals surface area contributed by atoms with Gasteiger partial charge in [-0.2, -0.15) is 0 Å². The predicted octanol–water partition coefficient (Wildman–Crippen LogP) is 3.67. The van der Waals surface area contributed by atoms with E-state index in [2.05, 4.69) is 23.2 Å². The van der Waals surface area contributed by atoms with Crippen molar-refractivity contribution in [2.75, 3.05) is 19.6 Å². The summed E-state index contributed by atoms with van der Waals surface area (Å²) in [6.45, 7) is 6.49. The maximum atomic E-state index is 9.55. The van der Waals surface area contributed by atoms with Gasteiger partial charge in [-0.05, 0) is 50.5 Å². The highest BCUT2D eigenvalue weighted by atomic mass is 35.5. The van der Waals surface area contributed by atoms with Crippen LogP contribution in [0.15, 0.2) is 30.4 Å². The molecule has 150 valence electrons. The Kier molecular flexibility index (Phi) is 11.0. The molecule has 0 aliphatic carbocycles. The maximum absolute atomic E-state index is 9.55. The van der Waals surface area contributed by atoms with E-state index in [-0.39, 0.29) is 0 Å². The van der Waals surface area contributed by atoms with Crippen LogP contribution < -0.4 is 5.32 Å². The van der Waals surface area contributed by atoms with Crippen molar-refractivity contribution in [3.05, 3.63) is 46.0 Å². The van der Waals surface area contributed by atoms with Gasteiger partial charge in [-0.25, -0.2) is 9.59 Å². The zero-order chi connectivity index (χ0) is 20.2. The fraction of sp³-hybridized carbons (Fsp3) is 0.474. The highest BCUT2D eigenvalue weighted by Gasteiger charge is 2.21. The lowest BCUT2D eigenvalue weighted by Gasteiger charge is -2.34. The quantitative estimate of drug-likeness (QED) is 0.587. The first-order chi connectivity index (χ1) is 12.8. The van der Waals surface area contributed by atoms with Gasteiger partial charge in [0, 0.05) is 24.7 Å². The number of aliphatic carboxylic acids is 2. The van der Waals surface area contributed by atoms with E-state index < -0.39 is 11.9 Å². The Morgan fingerprint density at radius 1 is 1.19 bits per heavy atom. The molecule has 2 rings (SSSR count). The topological polar surface area (TPSA) is 89.9 Å². The van der Waals surface area contributed by atoms with Crippen LogP contribution in [0.4, 0.5) is 0 Å². The van der Waals surface area contributed by atoms with Crippen LogP contribution in [0.1, 0.15) is 31.7 Å².